The number of hydrogen-bond donors (Lipinski definition) is 0. The minimum absolute atomic E-state index is 0.298. The van der Waals surface area contributed by atoms with Gasteiger partial charge >= 0.3 is 0 Å². The van der Waals surface area contributed by atoms with Crippen LogP contribution in [0.5, 0.6) is 0 Å². The number of sulfonamides is 1. The average Bonchev–Trinajstić information content (AvgIpc) is 3.69. The molecule has 0 N–H and O–H groups in total. The van der Waals surface area contributed by atoms with Crippen LogP contribution in [-0.4, -0.2) is 40.2 Å². The average molecular weight is 553 g/mol. The van der Waals surface area contributed by atoms with Gasteiger partial charge in [0.2, 0.25) is 10.0 Å². The third-order valence-corrected chi connectivity index (χ3v) is 9.58. The summed E-state index contributed by atoms with van der Waals surface area (Å²) in [5.74, 6) is 6.35. The van der Waals surface area contributed by atoms with Crippen LogP contribution in [0.4, 0.5) is 4.39 Å². The van der Waals surface area contributed by atoms with Gasteiger partial charge in [-0.15, -0.1) is 0 Å². The van der Waals surface area contributed by atoms with E-state index in [2.05, 4.69) is 36.0 Å². The van der Waals surface area contributed by atoms with E-state index in [4.69, 9.17) is 0 Å². The molecular weight excluding hydrogens is 523 g/mol. The van der Waals surface area contributed by atoms with Gasteiger partial charge in [0.1, 0.15) is 5.82 Å². The van der Waals surface area contributed by atoms with Gasteiger partial charge in [0.25, 0.3) is 0 Å². The zero-order valence-corrected chi connectivity index (χ0v) is 23.2. The molecule has 2 aromatic heterocycles. The summed E-state index contributed by atoms with van der Waals surface area (Å²) in [5, 5.41) is 5.52. The van der Waals surface area contributed by atoms with Crippen LogP contribution >= 0.6 is 0 Å². The van der Waals surface area contributed by atoms with Gasteiger partial charge in [0, 0.05) is 55.3 Å². The quantitative estimate of drug-likeness (QED) is 0.267. The molecular formula is C32H29FN4O2S. The van der Waals surface area contributed by atoms with E-state index in [-0.39, 0.29) is 5.82 Å². The Morgan fingerprint density at radius 3 is 2.55 bits per heavy atom. The summed E-state index contributed by atoms with van der Waals surface area (Å²) >= 11 is 0. The second kappa shape index (κ2) is 10.1. The molecule has 3 heterocycles. The van der Waals surface area contributed by atoms with Gasteiger partial charge < -0.3 is 4.57 Å². The summed E-state index contributed by atoms with van der Waals surface area (Å²) in [6, 6.07) is 21.9. The number of benzene rings is 3. The van der Waals surface area contributed by atoms with E-state index in [1.165, 1.54) is 12.1 Å². The molecule has 5 aromatic rings. The second-order valence-electron chi connectivity index (χ2n) is 10.5. The number of halogens is 1. The van der Waals surface area contributed by atoms with Gasteiger partial charge in [0.05, 0.1) is 22.3 Å². The summed E-state index contributed by atoms with van der Waals surface area (Å²) in [7, 11) is -1.83. The van der Waals surface area contributed by atoms with Crippen molar-refractivity contribution in [3.8, 4) is 17.5 Å². The van der Waals surface area contributed by atoms with E-state index < -0.39 is 15.4 Å². The Kier molecular flexibility index (Phi) is 6.57. The van der Waals surface area contributed by atoms with Crippen molar-refractivity contribution in [1.29, 1.82) is 0 Å². The van der Waals surface area contributed by atoms with Crippen LogP contribution in [0, 0.1) is 24.6 Å². The van der Waals surface area contributed by atoms with Crippen molar-refractivity contribution in [1.82, 2.24) is 18.7 Å². The molecule has 0 aliphatic carbocycles. The maximum absolute atomic E-state index is 13.6. The Labute approximate surface area is 233 Å². The number of rotatable bonds is 5. The number of fused-ring (bicyclic) bond motifs is 1. The number of aryl methyl sites for hydroxylation is 2. The maximum atomic E-state index is 13.6. The van der Waals surface area contributed by atoms with E-state index in [1.807, 2.05) is 37.4 Å². The molecule has 0 radical (unpaired) electrons. The van der Waals surface area contributed by atoms with Crippen LogP contribution in [0.25, 0.3) is 16.6 Å². The molecule has 1 unspecified atom stereocenters. The number of nitrogens with zero attached hydrogens (tertiary/aromatic N) is 4. The Bertz CT molecular complexity index is 1870. The van der Waals surface area contributed by atoms with Crippen molar-refractivity contribution in [2.45, 2.75) is 30.1 Å². The molecule has 1 aliphatic heterocycles. The van der Waals surface area contributed by atoms with E-state index in [9.17, 15) is 12.8 Å². The summed E-state index contributed by atoms with van der Waals surface area (Å²) in [5.41, 5.74) is 4.23. The third kappa shape index (κ3) is 4.72. The lowest BCUT2D eigenvalue weighted by molar-refractivity contribution is 0.422. The molecule has 0 bridgehead atoms. The highest BCUT2D eigenvalue weighted by atomic mass is 32.2. The zero-order valence-electron chi connectivity index (χ0n) is 22.4. The van der Waals surface area contributed by atoms with E-state index in [0.717, 1.165) is 33.3 Å². The number of hydrogen-bond acceptors (Lipinski definition) is 3. The summed E-state index contributed by atoms with van der Waals surface area (Å²) in [6.07, 6.45) is 6.37. The molecule has 6 rings (SSSR count). The summed E-state index contributed by atoms with van der Waals surface area (Å²) in [6.45, 7) is 2.81. The second-order valence-corrected chi connectivity index (χ2v) is 12.4. The van der Waals surface area contributed by atoms with Crippen LogP contribution in [0.15, 0.2) is 96.3 Å². The molecule has 1 atom stereocenters. The lowest BCUT2D eigenvalue weighted by atomic mass is 9.75. The predicted octanol–water partition coefficient (Wildman–Crippen LogP) is 5.59. The minimum atomic E-state index is -3.65. The standard InChI is InChI=1S/C32H29FN4O2S/c1-24-19-31-26(21-34-37(31)28-12-10-27(33)11-13-28)20-30(24)32(15-6-9-25-7-4-3-5-8-25)16-18-36(23-32)40(38,39)29-14-17-35(2)22-29/h3-5,7-8,10-14,17,19-22H,15-16,18,23H2,1-2H3. The van der Waals surface area contributed by atoms with E-state index in [0.29, 0.717) is 30.8 Å². The molecule has 202 valence electrons. The first-order valence-corrected chi connectivity index (χ1v) is 14.6. The highest BCUT2D eigenvalue weighted by molar-refractivity contribution is 7.89. The molecule has 0 amide bonds. The van der Waals surface area contributed by atoms with Crippen LogP contribution in [0.2, 0.25) is 0 Å². The molecule has 8 heteroatoms. The predicted molar refractivity (Wildman–Crippen MR) is 154 cm³/mol. The molecule has 40 heavy (non-hydrogen) atoms. The van der Waals surface area contributed by atoms with E-state index >= 15 is 0 Å². The highest BCUT2D eigenvalue weighted by Crippen LogP contribution is 2.42. The van der Waals surface area contributed by atoms with Crippen molar-refractivity contribution in [3.63, 3.8) is 0 Å². The Morgan fingerprint density at radius 2 is 1.82 bits per heavy atom. The topological polar surface area (TPSA) is 60.1 Å². The van der Waals surface area contributed by atoms with E-state index in [1.54, 1.807) is 50.3 Å². The molecule has 0 spiro atoms. The van der Waals surface area contributed by atoms with Gasteiger partial charge in [-0.05, 0) is 79.1 Å². The maximum Gasteiger partial charge on any atom is 0.244 e. The van der Waals surface area contributed by atoms with Gasteiger partial charge in [0.15, 0.2) is 0 Å². The fourth-order valence-electron chi connectivity index (χ4n) is 5.65. The van der Waals surface area contributed by atoms with Crippen molar-refractivity contribution in [2.24, 2.45) is 7.05 Å². The summed E-state index contributed by atoms with van der Waals surface area (Å²) in [4.78, 5) is 0.300. The van der Waals surface area contributed by atoms with Crippen molar-refractivity contribution >= 4 is 20.9 Å². The fraction of sp³-hybridized carbons (Fsp3) is 0.219. The Hall–Kier alpha value is -4.19. The first kappa shape index (κ1) is 26.1. The lowest BCUT2D eigenvalue weighted by Crippen LogP contribution is -2.35. The SMILES string of the molecule is Cc1cc2c(cnn2-c2ccc(F)cc2)cc1C1(CC#Cc2ccccc2)CCN(S(=O)(=O)c2ccn(C)c2)C1. The third-order valence-electron chi connectivity index (χ3n) is 7.75. The largest absolute Gasteiger partial charge is 0.356 e. The molecule has 1 fully saturated rings. The summed E-state index contributed by atoms with van der Waals surface area (Å²) < 4.78 is 45.8. The van der Waals surface area contributed by atoms with Crippen LogP contribution in [-0.2, 0) is 22.5 Å². The molecule has 1 saturated heterocycles. The first-order valence-electron chi connectivity index (χ1n) is 13.2. The number of aromatic nitrogens is 3. The smallest absolute Gasteiger partial charge is 0.244 e. The monoisotopic (exact) mass is 552 g/mol. The van der Waals surface area contributed by atoms with Gasteiger partial charge in [-0.1, -0.05) is 30.0 Å². The molecule has 0 saturated carbocycles. The molecule has 1 aliphatic rings. The van der Waals surface area contributed by atoms with Crippen LogP contribution < -0.4 is 0 Å². The van der Waals surface area contributed by atoms with Gasteiger partial charge in [-0.3, -0.25) is 0 Å². The first-order chi connectivity index (χ1) is 19.2. The highest BCUT2D eigenvalue weighted by Gasteiger charge is 2.44. The fourth-order valence-corrected chi connectivity index (χ4v) is 7.23. The molecule has 6 nitrogen and oxygen atoms in total. The van der Waals surface area contributed by atoms with Gasteiger partial charge in [-0.25, -0.2) is 17.5 Å². The normalized spacial score (nSPS) is 17.7. The Morgan fingerprint density at radius 1 is 1.05 bits per heavy atom. The minimum Gasteiger partial charge on any atom is -0.356 e. The van der Waals surface area contributed by atoms with Gasteiger partial charge in [-0.2, -0.15) is 9.40 Å². The Balaban J connectivity index is 1.41. The van der Waals surface area contributed by atoms with Crippen molar-refractivity contribution in [2.75, 3.05) is 13.1 Å². The molecule has 3 aromatic carbocycles. The van der Waals surface area contributed by atoms with Crippen molar-refractivity contribution < 1.29 is 12.8 Å². The lowest BCUT2D eigenvalue weighted by Gasteiger charge is -2.30. The van der Waals surface area contributed by atoms with Crippen molar-refractivity contribution in [3.05, 3.63) is 114 Å². The zero-order chi connectivity index (χ0) is 27.9. The van der Waals surface area contributed by atoms with Crippen LogP contribution in [0.3, 0.4) is 0 Å². The van der Waals surface area contributed by atoms with Crippen LogP contribution in [0.1, 0.15) is 29.5 Å².